The lowest BCUT2D eigenvalue weighted by Gasteiger charge is -2.29. The molecule has 0 spiro atoms. The molecule has 0 aromatic heterocycles. The van der Waals surface area contributed by atoms with E-state index >= 15 is 0 Å². The van der Waals surface area contributed by atoms with Crippen LogP contribution in [0.4, 0.5) is 4.79 Å². The lowest BCUT2D eigenvalue weighted by atomic mass is 10.2. The highest BCUT2D eigenvalue weighted by Gasteiger charge is 2.23. The first-order valence-electron chi connectivity index (χ1n) is 4.74. The Morgan fingerprint density at radius 3 is 2.71 bits per heavy atom. The molecule has 1 heterocycles. The van der Waals surface area contributed by atoms with Gasteiger partial charge < -0.3 is 14.4 Å². The Labute approximate surface area is 85.3 Å². The zero-order valence-corrected chi connectivity index (χ0v) is 9.91. The van der Waals surface area contributed by atoms with Crippen LogP contribution in [0.5, 0.6) is 0 Å². The van der Waals surface area contributed by atoms with E-state index in [2.05, 4.69) is 19.6 Å². The van der Waals surface area contributed by atoms with Crippen molar-refractivity contribution in [3.05, 3.63) is 11.8 Å². The minimum Gasteiger partial charge on any atom is -0.546 e. The average molecular weight is 215 g/mol. The van der Waals surface area contributed by atoms with Gasteiger partial charge in [-0.3, -0.25) is 0 Å². The van der Waals surface area contributed by atoms with Crippen LogP contribution in [0.1, 0.15) is 6.42 Å². The molecular weight excluding hydrogens is 198 g/mol. The van der Waals surface area contributed by atoms with Crippen LogP contribution in [0.15, 0.2) is 11.8 Å². The van der Waals surface area contributed by atoms with Crippen molar-refractivity contribution >= 4 is 14.4 Å². The third kappa shape index (κ3) is 3.41. The first-order valence-corrected chi connectivity index (χ1v) is 8.15. The molecule has 0 radical (unpaired) electrons. The van der Waals surface area contributed by atoms with Gasteiger partial charge in [-0.2, -0.15) is 0 Å². The third-order valence-corrected chi connectivity index (χ3v) is 2.70. The van der Waals surface area contributed by atoms with Crippen LogP contribution in [-0.4, -0.2) is 37.5 Å². The highest BCUT2D eigenvalue weighted by molar-refractivity contribution is 6.70. The Balaban J connectivity index is 2.56. The van der Waals surface area contributed by atoms with E-state index in [1.54, 1.807) is 0 Å². The van der Waals surface area contributed by atoms with Crippen LogP contribution in [0, 0.1) is 0 Å². The fourth-order valence-electron chi connectivity index (χ4n) is 1.34. The van der Waals surface area contributed by atoms with Crippen molar-refractivity contribution in [3.8, 4) is 0 Å². The van der Waals surface area contributed by atoms with Crippen molar-refractivity contribution in [1.29, 1.82) is 0 Å². The fourth-order valence-corrected chi connectivity index (χ4v) is 2.28. The van der Waals surface area contributed by atoms with Crippen LogP contribution < -0.4 is 0 Å². The Bertz CT molecular complexity index is 257. The van der Waals surface area contributed by atoms with Crippen molar-refractivity contribution < 1.29 is 14.3 Å². The topological polar surface area (TPSA) is 49.8 Å². The zero-order valence-electron chi connectivity index (χ0n) is 8.91. The molecular formula is C9H17NO3Si. The number of hydrogen-bond donors (Lipinski definition) is 1. The van der Waals surface area contributed by atoms with Crippen LogP contribution in [0.25, 0.3) is 0 Å². The predicted octanol–water partition coefficient (Wildman–Crippen LogP) is 2.11. The summed E-state index contributed by atoms with van der Waals surface area (Å²) in [7, 11) is -1.60. The molecule has 0 atom stereocenters. The van der Waals surface area contributed by atoms with Crippen molar-refractivity contribution in [3.63, 3.8) is 0 Å². The second-order valence-electron chi connectivity index (χ2n) is 4.38. The highest BCUT2D eigenvalue weighted by Crippen LogP contribution is 2.16. The van der Waals surface area contributed by atoms with E-state index in [0.29, 0.717) is 13.1 Å². The lowest BCUT2D eigenvalue weighted by Crippen LogP contribution is -2.37. The Kier molecular flexibility index (Phi) is 3.20. The first kappa shape index (κ1) is 11.1. The van der Waals surface area contributed by atoms with E-state index in [9.17, 15) is 4.79 Å². The minimum atomic E-state index is -1.60. The van der Waals surface area contributed by atoms with Crippen LogP contribution >= 0.6 is 0 Å². The minimum absolute atomic E-state index is 0.402. The summed E-state index contributed by atoms with van der Waals surface area (Å²) in [4.78, 5) is 12.1. The summed E-state index contributed by atoms with van der Waals surface area (Å²) in [5.74, 6) is 0.817. The third-order valence-electron chi connectivity index (χ3n) is 1.83. The van der Waals surface area contributed by atoms with Gasteiger partial charge in [-0.1, -0.05) is 0 Å². The number of nitrogens with zero attached hydrogens (tertiary/aromatic N) is 1. The molecule has 4 nitrogen and oxygen atoms in total. The van der Waals surface area contributed by atoms with E-state index in [-0.39, 0.29) is 0 Å². The monoisotopic (exact) mass is 215 g/mol. The summed E-state index contributed by atoms with van der Waals surface area (Å²) >= 11 is 0. The molecule has 5 heteroatoms. The summed E-state index contributed by atoms with van der Waals surface area (Å²) in [6.07, 6.45) is 1.89. The predicted molar refractivity (Wildman–Crippen MR) is 56.7 cm³/mol. The molecule has 14 heavy (non-hydrogen) atoms. The van der Waals surface area contributed by atoms with Crippen molar-refractivity contribution in [1.82, 2.24) is 4.90 Å². The molecule has 1 rings (SSSR count). The van der Waals surface area contributed by atoms with Crippen molar-refractivity contribution in [2.75, 3.05) is 13.1 Å². The molecule has 0 saturated heterocycles. The number of amides is 1. The van der Waals surface area contributed by atoms with Gasteiger partial charge in [0.15, 0.2) is 0 Å². The number of carbonyl (C=O) groups is 1. The van der Waals surface area contributed by atoms with E-state index < -0.39 is 14.4 Å². The van der Waals surface area contributed by atoms with Gasteiger partial charge in [-0.05, 0) is 32.1 Å². The second kappa shape index (κ2) is 4.04. The molecule has 1 aliphatic rings. The van der Waals surface area contributed by atoms with E-state index in [1.165, 1.54) is 4.90 Å². The Morgan fingerprint density at radius 1 is 1.57 bits per heavy atom. The molecule has 1 N–H and O–H groups in total. The van der Waals surface area contributed by atoms with E-state index in [4.69, 9.17) is 9.53 Å². The molecule has 0 unspecified atom stereocenters. The molecule has 80 valence electrons. The summed E-state index contributed by atoms with van der Waals surface area (Å²) in [6.45, 7) is 7.25. The molecule has 0 saturated carbocycles. The van der Waals surface area contributed by atoms with Gasteiger partial charge in [-0.15, -0.1) is 0 Å². The van der Waals surface area contributed by atoms with Crippen molar-refractivity contribution in [2.24, 2.45) is 0 Å². The fraction of sp³-hybridized carbons (Fsp3) is 0.667. The van der Waals surface area contributed by atoms with Gasteiger partial charge in [0.2, 0.25) is 8.32 Å². The summed E-state index contributed by atoms with van der Waals surface area (Å²) in [5.41, 5.74) is 0. The number of carboxylic acid groups (broad SMARTS) is 1. The average Bonchev–Trinajstić information content (AvgIpc) is 2.01. The second-order valence-corrected chi connectivity index (χ2v) is 8.81. The van der Waals surface area contributed by atoms with Crippen LogP contribution in [-0.2, 0) is 4.43 Å². The van der Waals surface area contributed by atoms with Gasteiger partial charge in [0.1, 0.15) is 0 Å². The maximum absolute atomic E-state index is 10.7. The SMILES string of the molecule is C[Si](C)(C)OC1=CCCN(C(=O)O)C1. The molecule has 0 bridgehead atoms. The molecule has 0 aromatic rings. The van der Waals surface area contributed by atoms with Gasteiger partial charge >= 0.3 is 6.09 Å². The molecule has 0 aromatic carbocycles. The maximum Gasteiger partial charge on any atom is 0.407 e. The Morgan fingerprint density at radius 2 is 2.21 bits per heavy atom. The highest BCUT2D eigenvalue weighted by atomic mass is 28.4. The molecule has 1 amide bonds. The maximum atomic E-state index is 10.7. The summed E-state index contributed by atoms with van der Waals surface area (Å²) in [5, 5.41) is 8.81. The quantitative estimate of drug-likeness (QED) is 0.718. The van der Waals surface area contributed by atoms with E-state index in [1.807, 2.05) is 6.08 Å². The van der Waals surface area contributed by atoms with Gasteiger partial charge in [0.05, 0.1) is 12.3 Å². The van der Waals surface area contributed by atoms with Crippen LogP contribution in [0.2, 0.25) is 19.6 Å². The number of rotatable bonds is 2. The summed E-state index contributed by atoms with van der Waals surface area (Å²) in [6, 6.07) is 0. The first-order chi connectivity index (χ1) is 6.38. The van der Waals surface area contributed by atoms with Crippen LogP contribution in [0.3, 0.4) is 0 Å². The molecule has 1 aliphatic heterocycles. The largest absolute Gasteiger partial charge is 0.546 e. The van der Waals surface area contributed by atoms with Gasteiger partial charge in [-0.25, -0.2) is 4.79 Å². The standard InChI is InChI=1S/C9H17NO3Si/c1-14(2,3)13-8-5-4-6-10(7-8)9(11)12/h5H,4,6-7H2,1-3H3,(H,11,12). The van der Waals surface area contributed by atoms with Crippen molar-refractivity contribution in [2.45, 2.75) is 26.1 Å². The van der Waals surface area contributed by atoms with Gasteiger partial charge in [0, 0.05) is 6.54 Å². The molecule has 0 aliphatic carbocycles. The normalized spacial score (nSPS) is 17.6. The van der Waals surface area contributed by atoms with E-state index in [0.717, 1.165) is 12.2 Å². The lowest BCUT2D eigenvalue weighted by molar-refractivity contribution is 0.141. The zero-order chi connectivity index (χ0) is 10.8. The smallest absolute Gasteiger partial charge is 0.407 e. The molecule has 0 fully saturated rings. The number of hydrogen-bond acceptors (Lipinski definition) is 2. The summed E-state index contributed by atoms with van der Waals surface area (Å²) < 4.78 is 5.75. The van der Waals surface area contributed by atoms with Gasteiger partial charge in [0.25, 0.3) is 0 Å². The Hall–Kier alpha value is -0.973.